The third-order valence-corrected chi connectivity index (χ3v) is 7.49. The second kappa shape index (κ2) is 8.52. The average Bonchev–Trinajstić information content (AvgIpc) is 3.14. The van der Waals surface area contributed by atoms with E-state index in [4.69, 9.17) is 4.74 Å². The van der Waals surface area contributed by atoms with Gasteiger partial charge in [0.25, 0.3) is 0 Å². The Morgan fingerprint density at radius 2 is 1.79 bits per heavy atom. The standard InChI is InChI=1S/C23H34N2O3/c1-2-28-22(27)16-24-10-7-23(20(15-24)17-26)8-11-25(12-9-23)21-13-18-5-3-4-6-19(18)14-21/h3-6,20-21,26H,2,7-17H2,1H3. The topological polar surface area (TPSA) is 53.0 Å². The Morgan fingerprint density at radius 1 is 1.14 bits per heavy atom. The van der Waals surface area contributed by atoms with E-state index in [-0.39, 0.29) is 23.9 Å². The number of esters is 1. The maximum atomic E-state index is 11.8. The van der Waals surface area contributed by atoms with Crippen LogP contribution in [0.15, 0.2) is 24.3 Å². The fourth-order valence-corrected chi connectivity index (χ4v) is 5.75. The minimum Gasteiger partial charge on any atom is -0.465 e. The molecule has 28 heavy (non-hydrogen) atoms. The average molecular weight is 387 g/mol. The summed E-state index contributed by atoms with van der Waals surface area (Å²) < 4.78 is 5.10. The molecule has 0 radical (unpaired) electrons. The van der Waals surface area contributed by atoms with Crippen LogP contribution < -0.4 is 0 Å². The largest absolute Gasteiger partial charge is 0.465 e. The number of hydrogen-bond donors (Lipinski definition) is 1. The first kappa shape index (κ1) is 19.9. The summed E-state index contributed by atoms with van der Waals surface area (Å²) in [6.07, 6.45) is 5.77. The highest BCUT2D eigenvalue weighted by Crippen LogP contribution is 2.46. The molecule has 2 heterocycles. The first-order valence-corrected chi connectivity index (χ1v) is 10.9. The summed E-state index contributed by atoms with van der Waals surface area (Å²) in [5.41, 5.74) is 3.28. The molecule has 0 saturated carbocycles. The van der Waals surface area contributed by atoms with Gasteiger partial charge in [0.1, 0.15) is 0 Å². The Kier molecular flexibility index (Phi) is 6.04. The van der Waals surface area contributed by atoms with E-state index in [1.54, 1.807) is 0 Å². The number of aliphatic hydroxyl groups is 1. The van der Waals surface area contributed by atoms with Gasteiger partial charge in [0, 0.05) is 25.1 Å². The molecule has 0 amide bonds. The van der Waals surface area contributed by atoms with Crippen molar-refractivity contribution in [2.75, 3.05) is 45.9 Å². The second-order valence-corrected chi connectivity index (χ2v) is 8.90. The van der Waals surface area contributed by atoms with Crippen LogP contribution in [0.1, 0.15) is 37.3 Å². The molecular formula is C23H34N2O3. The monoisotopic (exact) mass is 386 g/mol. The summed E-state index contributed by atoms with van der Waals surface area (Å²) in [5.74, 6) is 0.115. The fraction of sp³-hybridized carbons (Fsp3) is 0.696. The van der Waals surface area contributed by atoms with Crippen LogP contribution in [0.2, 0.25) is 0 Å². The molecule has 1 aliphatic carbocycles. The lowest BCUT2D eigenvalue weighted by Gasteiger charge is -2.52. The van der Waals surface area contributed by atoms with E-state index >= 15 is 0 Å². The van der Waals surface area contributed by atoms with Gasteiger partial charge in [0.2, 0.25) is 0 Å². The first-order valence-electron chi connectivity index (χ1n) is 10.9. The molecule has 4 rings (SSSR count). The van der Waals surface area contributed by atoms with E-state index in [0.717, 1.165) is 45.4 Å². The fourth-order valence-electron chi connectivity index (χ4n) is 5.75. The van der Waals surface area contributed by atoms with Crippen LogP contribution >= 0.6 is 0 Å². The minimum atomic E-state index is -0.147. The Bertz CT molecular complexity index is 659. The number of ether oxygens (including phenoxy) is 1. The molecule has 2 fully saturated rings. The van der Waals surface area contributed by atoms with Crippen molar-refractivity contribution in [2.24, 2.45) is 11.3 Å². The number of carbonyl (C=O) groups excluding carboxylic acids is 1. The van der Waals surface area contributed by atoms with E-state index in [0.29, 0.717) is 19.2 Å². The third-order valence-electron chi connectivity index (χ3n) is 7.49. The molecular weight excluding hydrogens is 352 g/mol. The number of hydrogen-bond acceptors (Lipinski definition) is 5. The predicted molar refractivity (Wildman–Crippen MR) is 109 cm³/mol. The normalized spacial score (nSPS) is 25.7. The zero-order valence-electron chi connectivity index (χ0n) is 17.1. The summed E-state index contributed by atoms with van der Waals surface area (Å²) in [5, 5.41) is 10.1. The van der Waals surface area contributed by atoms with Crippen LogP contribution in [-0.4, -0.2) is 72.9 Å². The number of aliphatic hydroxyl groups excluding tert-OH is 1. The van der Waals surface area contributed by atoms with Crippen molar-refractivity contribution in [3.05, 3.63) is 35.4 Å². The third kappa shape index (κ3) is 3.98. The van der Waals surface area contributed by atoms with Crippen molar-refractivity contribution >= 4 is 5.97 Å². The van der Waals surface area contributed by atoms with Crippen LogP contribution in [0.4, 0.5) is 0 Å². The van der Waals surface area contributed by atoms with Gasteiger partial charge < -0.3 is 9.84 Å². The lowest BCUT2D eigenvalue weighted by Crippen LogP contribution is -2.55. The van der Waals surface area contributed by atoms with Crippen LogP contribution in [-0.2, 0) is 22.4 Å². The molecule has 0 aromatic heterocycles. The van der Waals surface area contributed by atoms with Gasteiger partial charge in [-0.25, -0.2) is 0 Å². The molecule has 1 aromatic rings. The zero-order chi connectivity index (χ0) is 19.6. The number of rotatable bonds is 5. The van der Waals surface area contributed by atoms with E-state index in [9.17, 15) is 9.90 Å². The van der Waals surface area contributed by atoms with E-state index in [1.807, 2.05) is 6.92 Å². The Morgan fingerprint density at radius 3 is 2.39 bits per heavy atom. The lowest BCUT2D eigenvalue weighted by atomic mass is 9.64. The summed E-state index contributed by atoms with van der Waals surface area (Å²) in [6.45, 7) is 6.85. The Hall–Kier alpha value is -1.43. The predicted octanol–water partition coefficient (Wildman–Crippen LogP) is 2.11. The van der Waals surface area contributed by atoms with Crippen molar-refractivity contribution in [3.8, 4) is 0 Å². The number of nitrogens with zero attached hydrogens (tertiary/aromatic N) is 2. The number of benzene rings is 1. The smallest absolute Gasteiger partial charge is 0.320 e. The molecule has 5 nitrogen and oxygen atoms in total. The van der Waals surface area contributed by atoms with Crippen molar-refractivity contribution in [3.63, 3.8) is 0 Å². The van der Waals surface area contributed by atoms with Crippen LogP contribution in [0.5, 0.6) is 0 Å². The summed E-state index contributed by atoms with van der Waals surface area (Å²) in [6, 6.07) is 9.51. The quantitative estimate of drug-likeness (QED) is 0.786. The van der Waals surface area contributed by atoms with Crippen molar-refractivity contribution < 1.29 is 14.6 Å². The minimum absolute atomic E-state index is 0.147. The number of fused-ring (bicyclic) bond motifs is 1. The highest BCUT2D eigenvalue weighted by molar-refractivity contribution is 5.71. The van der Waals surface area contributed by atoms with Gasteiger partial charge in [0.05, 0.1) is 13.2 Å². The molecule has 1 N–H and O–H groups in total. The Labute approximate surface area is 168 Å². The number of piperidine rings is 2. The van der Waals surface area contributed by atoms with Crippen molar-refractivity contribution in [1.29, 1.82) is 0 Å². The molecule has 1 aromatic carbocycles. The molecule has 0 bridgehead atoms. The second-order valence-electron chi connectivity index (χ2n) is 8.90. The van der Waals surface area contributed by atoms with Crippen molar-refractivity contribution in [1.82, 2.24) is 9.80 Å². The maximum Gasteiger partial charge on any atom is 0.320 e. The molecule has 1 spiro atoms. The number of carbonyl (C=O) groups is 1. The van der Waals surface area contributed by atoms with Crippen LogP contribution in [0.3, 0.4) is 0 Å². The molecule has 2 saturated heterocycles. The van der Waals surface area contributed by atoms with Gasteiger partial charge in [-0.05, 0) is 75.2 Å². The van der Waals surface area contributed by atoms with E-state index in [1.165, 1.54) is 24.0 Å². The first-order chi connectivity index (χ1) is 13.6. The van der Waals surface area contributed by atoms with Crippen LogP contribution in [0.25, 0.3) is 0 Å². The summed E-state index contributed by atoms with van der Waals surface area (Å²) in [4.78, 5) is 16.7. The maximum absolute atomic E-state index is 11.8. The van der Waals surface area contributed by atoms with Gasteiger partial charge in [-0.15, -0.1) is 0 Å². The number of likely N-dealkylation sites (tertiary alicyclic amines) is 2. The molecule has 5 heteroatoms. The van der Waals surface area contributed by atoms with Gasteiger partial charge in [-0.1, -0.05) is 24.3 Å². The van der Waals surface area contributed by atoms with Gasteiger partial charge in [0.15, 0.2) is 0 Å². The highest BCUT2D eigenvalue weighted by atomic mass is 16.5. The molecule has 154 valence electrons. The van der Waals surface area contributed by atoms with E-state index < -0.39 is 0 Å². The SMILES string of the molecule is CCOC(=O)CN1CCC2(CCN(C3Cc4ccccc4C3)CC2)C(CO)C1. The van der Waals surface area contributed by atoms with Crippen LogP contribution in [0, 0.1) is 11.3 Å². The highest BCUT2D eigenvalue weighted by Gasteiger charge is 2.45. The van der Waals surface area contributed by atoms with Crippen molar-refractivity contribution in [2.45, 2.75) is 45.1 Å². The molecule has 1 unspecified atom stereocenters. The molecule has 2 aliphatic heterocycles. The van der Waals surface area contributed by atoms with Gasteiger partial charge in [-0.2, -0.15) is 0 Å². The lowest BCUT2D eigenvalue weighted by molar-refractivity contribution is -0.146. The summed E-state index contributed by atoms with van der Waals surface area (Å²) in [7, 11) is 0. The Balaban J connectivity index is 1.33. The zero-order valence-corrected chi connectivity index (χ0v) is 17.1. The van der Waals surface area contributed by atoms with Gasteiger partial charge in [-0.3, -0.25) is 14.6 Å². The van der Waals surface area contributed by atoms with Gasteiger partial charge >= 0.3 is 5.97 Å². The van der Waals surface area contributed by atoms with E-state index in [2.05, 4.69) is 34.1 Å². The molecule has 1 atom stereocenters. The summed E-state index contributed by atoms with van der Waals surface area (Å²) >= 11 is 0. The molecule has 3 aliphatic rings.